The fourth-order valence-corrected chi connectivity index (χ4v) is 4.86. The van der Waals surface area contributed by atoms with Crippen molar-refractivity contribution in [3.63, 3.8) is 0 Å². The van der Waals surface area contributed by atoms with Gasteiger partial charge in [0.25, 0.3) is 5.88 Å². The number of likely N-dealkylation sites (tertiary alicyclic amines) is 1. The quantitative estimate of drug-likeness (QED) is 0.622. The Morgan fingerprint density at radius 3 is 2.82 bits per heavy atom. The Hall–Kier alpha value is -3.62. The van der Waals surface area contributed by atoms with Crippen LogP contribution in [-0.2, 0) is 12.0 Å². The van der Waals surface area contributed by atoms with Crippen LogP contribution in [0.4, 0.5) is 10.6 Å². The van der Waals surface area contributed by atoms with Crippen LogP contribution in [0.3, 0.4) is 0 Å². The second kappa shape index (κ2) is 8.38. The number of anilines is 1. The molecule has 0 radical (unpaired) electrons. The molecule has 3 aromatic rings. The first-order chi connectivity index (χ1) is 16.0. The molecule has 1 saturated heterocycles. The molecule has 9 nitrogen and oxygen atoms in total. The third-order valence-electron chi connectivity index (χ3n) is 6.68. The number of rotatable bonds is 5. The number of nitrogen functional groups attached to an aromatic ring is 1. The zero-order valence-electron chi connectivity index (χ0n) is 19.0. The molecule has 33 heavy (non-hydrogen) atoms. The van der Waals surface area contributed by atoms with Gasteiger partial charge in [0.15, 0.2) is 5.82 Å². The van der Waals surface area contributed by atoms with Crippen LogP contribution in [0.15, 0.2) is 42.6 Å². The van der Waals surface area contributed by atoms with Crippen LogP contribution in [-0.4, -0.2) is 50.3 Å². The van der Waals surface area contributed by atoms with E-state index in [-0.39, 0.29) is 23.4 Å². The third-order valence-corrected chi connectivity index (χ3v) is 6.68. The molecule has 1 aromatic carbocycles. The van der Waals surface area contributed by atoms with Crippen molar-refractivity contribution in [3.8, 4) is 17.3 Å². The number of fused-ring (bicyclic) bond motifs is 2. The molecule has 0 bridgehead atoms. The van der Waals surface area contributed by atoms with Gasteiger partial charge < -0.3 is 20.7 Å². The summed E-state index contributed by atoms with van der Waals surface area (Å²) >= 11 is 0. The molecule has 0 aliphatic carbocycles. The number of benzene rings is 1. The predicted octanol–water partition coefficient (Wildman–Crippen LogP) is 3.14. The van der Waals surface area contributed by atoms with E-state index in [1.165, 1.54) is 0 Å². The molecule has 9 heteroatoms. The van der Waals surface area contributed by atoms with Crippen molar-refractivity contribution < 1.29 is 9.53 Å². The SMILES string of the molecule is CCNC(=O)N1CC[C@@]2(CCn3nc(-c4cnc(N)c(O[C@H](C)c5ccccc5)n4)cc32)C1. The molecule has 2 aromatic heterocycles. The lowest BCUT2D eigenvalue weighted by Gasteiger charge is -2.23. The lowest BCUT2D eigenvalue weighted by atomic mass is 9.82. The van der Waals surface area contributed by atoms with Gasteiger partial charge in [0.05, 0.1) is 6.20 Å². The Morgan fingerprint density at radius 1 is 1.24 bits per heavy atom. The molecule has 0 unspecified atom stereocenters. The van der Waals surface area contributed by atoms with Crippen LogP contribution < -0.4 is 15.8 Å². The minimum absolute atomic E-state index is 0.00583. The van der Waals surface area contributed by atoms with Gasteiger partial charge in [-0.2, -0.15) is 5.10 Å². The van der Waals surface area contributed by atoms with Crippen molar-refractivity contribution in [2.75, 3.05) is 25.4 Å². The second-order valence-corrected chi connectivity index (χ2v) is 8.79. The van der Waals surface area contributed by atoms with E-state index >= 15 is 0 Å². The number of nitrogens with zero attached hydrogens (tertiary/aromatic N) is 5. The van der Waals surface area contributed by atoms with Gasteiger partial charge in [0.2, 0.25) is 0 Å². The van der Waals surface area contributed by atoms with E-state index in [2.05, 4.69) is 21.4 Å². The van der Waals surface area contributed by atoms with Gasteiger partial charge >= 0.3 is 6.03 Å². The summed E-state index contributed by atoms with van der Waals surface area (Å²) in [5.41, 5.74) is 9.55. The zero-order chi connectivity index (χ0) is 23.0. The average Bonchev–Trinajstić information content (AvgIpc) is 3.53. The van der Waals surface area contributed by atoms with E-state index in [1.807, 2.05) is 53.8 Å². The standard InChI is InChI=1S/C24H29N7O2/c1-3-26-23(32)30-11-9-24(15-30)10-12-31-20(24)13-18(29-31)19-14-27-21(25)22(28-19)33-16(2)17-7-5-4-6-8-17/h4-8,13-14,16H,3,9-12,15H2,1-2H3,(H2,25,27)(H,26,32)/t16-,24-/m1/s1. The van der Waals surface area contributed by atoms with Crippen molar-refractivity contribution in [1.82, 2.24) is 30.0 Å². The number of hydrogen-bond acceptors (Lipinski definition) is 6. The van der Waals surface area contributed by atoms with Gasteiger partial charge in [-0.15, -0.1) is 0 Å². The molecule has 3 N–H and O–H groups in total. The predicted molar refractivity (Wildman–Crippen MR) is 125 cm³/mol. The minimum Gasteiger partial charge on any atom is -0.467 e. The topological polar surface area (TPSA) is 111 Å². The second-order valence-electron chi connectivity index (χ2n) is 8.79. The van der Waals surface area contributed by atoms with E-state index in [0.29, 0.717) is 24.7 Å². The van der Waals surface area contributed by atoms with Gasteiger partial charge in [0.1, 0.15) is 17.5 Å². The first kappa shape index (κ1) is 21.2. The number of carbonyl (C=O) groups is 1. The fraction of sp³-hybridized carbons (Fsp3) is 0.417. The molecular weight excluding hydrogens is 418 g/mol. The van der Waals surface area contributed by atoms with Crippen LogP contribution in [0.2, 0.25) is 0 Å². The summed E-state index contributed by atoms with van der Waals surface area (Å²) in [5, 5.41) is 7.70. The number of aromatic nitrogens is 4. The number of ether oxygens (including phenoxy) is 1. The van der Waals surface area contributed by atoms with Crippen molar-refractivity contribution in [2.45, 2.75) is 44.8 Å². The first-order valence-corrected chi connectivity index (χ1v) is 11.4. The Morgan fingerprint density at radius 2 is 2.03 bits per heavy atom. The smallest absolute Gasteiger partial charge is 0.317 e. The molecular formula is C24H29N7O2. The largest absolute Gasteiger partial charge is 0.467 e. The fourth-order valence-electron chi connectivity index (χ4n) is 4.86. The normalized spacial score (nSPS) is 20.1. The summed E-state index contributed by atoms with van der Waals surface area (Å²) < 4.78 is 8.09. The van der Waals surface area contributed by atoms with E-state index in [4.69, 9.17) is 15.6 Å². The van der Waals surface area contributed by atoms with Gasteiger partial charge in [-0.25, -0.2) is 14.8 Å². The zero-order valence-corrected chi connectivity index (χ0v) is 19.0. The Balaban J connectivity index is 1.38. The van der Waals surface area contributed by atoms with Crippen molar-refractivity contribution >= 4 is 11.8 Å². The van der Waals surface area contributed by atoms with Gasteiger partial charge in [-0.1, -0.05) is 30.3 Å². The maximum absolute atomic E-state index is 12.3. The molecule has 0 saturated carbocycles. The van der Waals surface area contributed by atoms with E-state index < -0.39 is 0 Å². The summed E-state index contributed by atoms with van der Waals surface area (Å²) in [6.45, 7) is 6.82. The number of nitrogens with one attached hydrogen (secondary N) is 1. The number of amides is 2. The molecule has 172 valence electrons. The first-order valence-electron chi connectivity index (χ1n) is 11.4. The highest BCUT2D eigenvalue weighted by Gasteiger charge is 2.47. The van der Waals surface area contributed by atoms with Crippen LogP contribution in [0.5, 0.6) is 5.88 Å². The van der Waals surface area contributed by atoms with E-state index in [9.17, 15) is 4.79 Å². The summed E-state index contributed by atoms with van der Waals surface area (Å²) in [5.74, 6) is 0.549. The summed E-state index contributed by atoms with van der Waals surface area (Å²) in [4.78, 5) is 23.2. The molecule has 5 rings (SSSR count). The van der Waals surface area contributed by atoms with Crippen LogP contribution in [0.25, 0.3) is 11.4 Å². The van der Waals surface area contributed by atoms with Gasteiger partial charge in [-0.05, 0) is 38.3 Å². The molecule has 2 atom stereocenters. The van der Waals surface area contributed by atoms with E-state index in [1.54, 1.807) is 6.20 Å². The summed E-state index contributed by atoms with van der Waals surface area (Å²) in [7, 11) is 0. The highest BCUT2D eigenvalue weighted by molar-refractivity contribution is 5.74. The van der Waals surface area contributed by atoms with Crippen LogP contribution >= 0.6 is 0 Å². The maximum atomic E-state index is 12.3. The number of hydrogen-bond donors (Lipinski definition) is 2. The van der Waals surface area contributed by atoms with Crippen LogP contribution in [0, 0.1) is 0 Å². The number of carbonyl (C=O) groups excluding carboxylic acids is 1. The number of urea groups is 1. The molecule has 4 heterocycles. The van der Waals surface area contributed by atoms with Crippen molar-refractivity contribution in [2.24, 2.45) is 0 Å². The summed E-state index contributed by atoms with van der Waals surface area (Å²) in [6.07, 6.45) is 3.34. The average molecular weight is 448 g/mol. The van der Waals surface area contributed by atoms with Gasteiger partial charge in [-0.3, -0.25) is 4.68 Å². The maximum Gasteiger partial charge on any atom is 0.317 e. The number of aryl methyl sites for hydroxylation is 1. The third kappa shape index (κ3) is 3.88. The molecule has 2 aliphatic heterocycles. The molecule has 1 fully saturated rings. The Labute approximate surface area is 193 Å². The lowest BCUT2D eigenvalue weighted by Crippen LogP contribution is -2.40. The highest BCUT2D eigenvalue weighted by Crippen LogP contribution is 2.43. The highest BCUT2D eigenvalue weighted by atomic mass is 16.5. The Kier molecular flexibility index (Phi) is 5.39. The monoisotopic (exact) mass is 447 g/mol. The molecule has 2 aliphatic rings. The van der Waals surface area contributed by atoms with Crippen molar-refractivity contribution in [1.29, 1.82) is 0 Å². The lowest BCUT2D eigenvalue weighted by molar-refractivity contribution is 0.206. The van der Waals surface area contributed by atoms with Gasteiger partial charge in [0, 0.05) is 37.3 Å². The van der Waals surface area contributed by atoms with Crippen molar-refractivity contribution in [3.05, 3.63) is 53.9 Å². The molecule has 1 spiro atoms. The Bertz CT molecular complexity index is 1160. The van der Waals surface area contributed by atoms with E-state index in [0.717, 1.165) is 42.9 Å². The van der Waals surface area contributed by atoms with Crippen LogP contribution in [0.1, 0.15) is 44.1 Å². The number of nitrogens with two attached hydrogens (primary N) is 1. The minimum atomic E-state index is -0.216. The summed E-state index contributed by atoms with van der Waals surface area (Å²) in [6, 6.07) is 12.0. The molecule has 2 amide bonds.